The average Bonchev–Trinajstić information content (AvgIpc) is 2.25. The number of nitrogens with zero attached hydrogens (tertiary/aromatic N) is 1. The van der Waals surface area contributed by atoms with Gasteiger partial charge in [0.15, 0.2) is 0 Å². The van der Waals surface area contributed by atoms with Crippen molar-refractivity contribution < 1.29 is 19.2 Å². The van der Waals surface area contributed by atoms with Crippen LogP contribution in [0.4, 0.5) is 5.69 Å². The monoisotopic (exact) mass is 281 g/mol. The maximum atomic E-state index is 12.0. The van der Waals surface area contributed by atoms with E-state index >= 15 is 0 Å². The van der Waals surface area contributed by atoms with Crippen LogP contribution in [0.15, 0.2) is 18.2 Å². The van der Waals surface area contributed by atoms with Crippen molar-refractivity contribution in [2.24, 2.45) is 0 Å². The summed E-state index contributed by atoms with van der Waals surface area (Å²) in [6.07, 6.45) is -0.109. The van der Waals surface area contributed by atoms with E-state index in [-0.39, 0.29) is 17.4 Å². The summed E-state index contributed by atoms with van der Waals surface area (Å²) in [5, 5.41) is 11.1. The lowest BCUT2D eigenvalue weighted by Gasteiger charge is -2.19. The molecule has 0 unspecified atom stereocenters. The van der Waals surface area contributed by atoms with Gasteiger partial charge in [-0.25, -0.2) is 4.79 Å². The topological polar surface area (TPSA) is 78.7 Å². The zero-order valence-corrected chi connectivity index (χ0v) is 12.3. The van der Waals surface area contributed by atoms with E-state index in [1.165, 1.54) is 18.2 Å². The molecule has 0 atom stereocenters. The van der Waals surface area contributed by atoms with Crippen LogP contribution in [-0.4, -0.2) is 22.6 Å². The zero-order valence-electron chi connectivity index (χ0n) is 12.3. The summed E-state index contributed by atoms with van der Waals surface area (Å²) in [7, 11) is 0. The Morgan fingerprint density at radius 1 is 1.30 bits per heavy atom. The van der Waals surface area contributed by atoms with Gasteiger partial charge >= 0.3 is 5.97 Å². The van der Waals surface area contributed by atoms with Gasteiger partial charge in [0.2, 0.25) is 0 Å². The molecule has 0 fully saturated rings. The van der Waals surface area contributed by atoms with Crippen molar-refractivity contribution in [3.05, 3.63) is 33.9 Å². The molecule has 110 valence electrons. The first kappa shape index (κ1) is 15.9. The van der Waals surface area contributed by atoms with Gasteiger partial charge in [0.1, 0.15) is 16.9 Å². The molecule has 1 aromatic carbocycles. The van der Waals surface area contributed by atoms with Crippen LogP contribution >= 0.6 is 0 Å². The molecule has 0 aliphatic carbocycles. The number of rotatable bonds is 4. The number of esters is 1. The largest absolute Gasteiger partial charge is 0.491 e. The predicted octanol–water partition coefficient (Wildman–Crippen LogP) is 3.34. The lowest BCUT2D eigenvalue weighted by atomic mass is 10.1. The van der Waals surface area contributed by atoms with Crippen molar-refractivity contribution >= 4 is 11.7 Å². The Bertz CT molecular complexity index is 517. The van der Waals surface area contributed by atoms with Crippen molar-refractivity contribution in [2.45, 2.75) is 46.3 Å². The number of hydrogen-bond donors (Lipinski definition) is 0. The zero-order chi connectivity index (χ0) is 15.5. The highest BCUT2D eigenvalue weighted by Crippen LogP contribution is 2.27. The normalized spacial score (nSPS) is 11.3. The predicted molar refractivity (Wildman–Crippen MR) is 74.0 cm³/mol. The third-order valence-electron chi connectivity index (χ3n) is 2.16. The third-order valence-corrected chi connectivity index (χ3v) is 2.16. The number of nitro benzene ring substituents is 1. The quantitative estimate of drug-likeness (QED) is 0.480. The molecule has 0 saturated heterocycles. The van der Waals surface area contributed by atoms with Gasteiger partial charge in [-0.1, -0.05) is 0 Å². The minimum Gasteiger partial charge on any atom is -0.491 e. The molecule has 0 amide bonds. The second kappa shape index (κ2) is 5.90. The Kier molecular flexibility index (Phi) is 4.70. The van der Waals surface area contributed by atoms with Crippen LogP contribution < -0.4 is 4.74 Å². The summed E-state index contributed by atoms with van der Waals surface area (Å²) < 4.78 is 10.5. The molecule has 0 aliphatic heterocycles. The summed E-state index contributed by atoms with van der Waals surface area (Å²) in [6, 6.07) is 4.11. The van der Waals surface area contributed by atoms with Gasteiger partial charge in [-0.3, -0.25) is 10.1 Å². The lowest BCUT2D eigenvalue weighted by Crippen LogP contribution is -2.24. The first-order valence-electron chi connectivity index (χ1n) is 6.28. The number of nitro groups is 1. The van der Waals surface area contributed by atoms with Gasteiger partial charge in [-0.05, 0) is 46.8 Å². The van der Waals surface area contributed by atoms with E-state index < -0.39 is 16.5 Å². The van der Waals surface area contributed by atoms with Crippen molar-refractivity contribution in [3.8, 4) is 5.75 Å². The summed E-state index contributed by atoms with van der Waals surface area (Å²) in [5.41, 5.74) is -1.11. The molecule has 0 aliphatic rings. The van der Waals surface area contributed by atoms with Crippen LogP contribution in [0.1, 0.15) is 45.0 Å². The Morgan fingerprint density at radius 3 is 2.35 bits per heavy atom. The number of hydrogen-bond acceptors (Lipinski definition) is 5. The summed E-state index contributed by atoms with van der Waals surface area (Å²) in [5.74, 6) is -0.376. The Labute approximate surface area is 117 Å². The lowest BCUT2D eigenvalue weighted by molar-refractivity contribution is -0.385. The molecule has 6 heteroatoms. The summed E-state index contributed by atoms with van der Waals surface area (Å²) >= 11 is 0. The number of carbonyl (C=O) groups excluding carboxylic acids is 1. The van der Waals surface area contributed by atoms with E-state index in [0.29, 0.717) is 5.75 Å². The van der Waals surface area contributed by atoms with Crippen LogP contribution in [0.2, 0.25) is 0 Å². The number of carbonyl (C=O) groups is 1. The fourth-order valence-corrected chi connectivity index (χ4v) is 1.51. The second-order valence-corrected chi connectivity index (χ2v) is 5.60. The summed E-state index contributed by atoms with van der Waals surface area (Å²) in [6.45, 7) is 8.73. The molecule has 0 radical (unpaired) electrons. The molecule has 1 rings (SSSR count). The Balaban J connectivity index is 3.13. The van der Waals surface area contributed by atoms with Gasteiger partial charge in [0.05, 0.1) is 17.1 Å². The first-order valence-corrected chi connectivity index (χ1v) is 6.28. The number of ether oxygens (including phenoxy) is 2. The summed E-state index contributed by atoms with van der Waals surface area (Å²) in [4.78, 5) is 22.4. The van der Waals surface area contributed by atoms with E-state index in [0.717, 1.165) is 0 Å². The maximum Gasteiger partial charge on any atom is 0.345 e. The van der Waals surface area contributed by atoms with Gasteiger partial charge in [0.25, 0.3) is 5.69 Å². The van der Waals surface area contributed by atoms with Crippen LogP contribution in [0.5, 0.6) is 5.75 Å². The molecule has 1 aromatic rings. The van der Waals surface area contributed by atoms with Crippen molar-refractivity contribution in [1.82, 2.24) is 0 Å². The molecular formula is C14H19NO5. The molecular weight excluding hydrogens is 262 g/mol. The van der Waals surface area contributed by atoms with E-state index in [4.69, 9.17) is 9.47 Å². The number of benzene rings is 1. The van der Waals surface area contributed by atoms with E-state index in [1.54, 1.807) is 20.8 Å². The maximum absolute atomic E-state index is 12.0. The van der Waals surface area contributed by atoms with Crippen molar-refractivity contribution in [2.75, 3.05) is 0 Å². The Hall–Kier alpha value is -2.11. The van der Waals surface area contributed by atoms with E-state index in [9.17, 15) is 14.9 Å². The molecule has 0 bridgehead atoms. The van der Waals surface area contributed by atoms with Crippen LogP contribution in [0.25, 0.3) is 0 Å². The van der Waals surface area contributed by atoms with E-state index in [1.807, 2.05) is 13.8 Å². The molecule has 0 saturated carbocycles. The van der Waals surface area contributed by atoms with Crippen LogP contribution in [0, 0.1) is 10.1 Å². The van der Waals surface area contributed by atoms with Crippen LogP contribution in [0.3, 0.4) is 0 Å². The third kappa shape index (κ3) is 4.53. The molecule has 20 heavy (non-hydrogen) atoms. The SMILES string of the molecule is CC(C)Oc1ccc(C(=O)OC(C)(C)C)c([N+](=O)[O-])c1. The highest BCUT2D eigenvalue weighted by Gasteiger charge is 2.26. The fraction of sp³-hybridized carbons (Fsp3) is 0.500. The average molecular weight is 281 g/mol. The van der Waals surface area contributed by atoms with Gasteiger partial charge in [-0.15, -0.1) is 0 Å². The Morgan fingerprint density at radius 2 is 1.90 bits per heavy atom. The molecule has 0 heterocycles. The van der Waals surface area contributed by atoms with Gasteiger partial charge in [-0.2, -0.15) is 0 Å². The second-order valence-electron chi connectivity index (χ2n) is 5.60. The minimum atomic E-state index is -0.722. The molecule has 0 aromatic heterocycles. The molecule has 0 spiro atoms. The van der Waals surface area contributed by atoms with Gasteiger partial charge in [0, 0.05) is 0 Å². The minimum absolute atomic E-state index is 0.0824. The molecule has 6 nitrogen and oxygen atoms in total. The first-order chi connectivity index (χ1) is 9.10. The van der Waals surface area contributed by atoms with Crippen molar-refractivity contribution in [3.63, 3.8) is 0 Å². The van der Waals surface area contributed by atoms with Gasteiger partial charge < -0.3 is 9.47 Å². The fourth-order valence-electron chi connectivity index (χ4n) is 1.51. The molecule has 0 N–H and O–H groups in total. The smallest absolute Gasteiger partial charge is 0.345 e. The van der Waals surface area contributed by atoms with Crippen LogP contribution in [-0.2, 0) is 4.74 Å². The van der Waals surface area contributed by atoms with Crippen molar-refractivity contribution in [1.29, 1.82) is 0 Å². The highest BCUT2D eigenvalue weighted by atomic mass is 16.6. The highest BCUT2D eigenvalue weighted by molar-refractivity contribution is 5.94. The standard InChI is InChI=1S/C14H19NO5/c1-9(2)19-10-6-7-11(12(8-10)15(17)18)13(16)20-14(3,4)5/h6-9H,1-5H3. The van der Waals surface area contributed by atoms with E-state index in [2.05, 4.69) is 0 Å².